The van der Waals surface area contributed by atoms with E-state index in [1.54, 1.807) is 0 Å². The first-order chi connectivity index (χ1) is 43.3. The van der Waals surface area contributed by atoms with Gasteiger partial charge in [0.15, 0.2) is 12.2 Å². The lowest BCUT2D eigenvalue weighted by Crippen LogP contribution is -2.30. The summed E-state index contributed by atoms with van der Waals surface area (Å²) in [6.07, 6.45) is 45.8. The lowest BCUT2D eigenvalue weighted by Gasteiger charge is -2.21. The predicted octanol–water partition coefficient (Wildman–Crippen LogP) is 20.2. The maximum absolute atomic E-state index is 13.0. The van der Waals surface area contributed by atoms with Crippen LogP contribution in [0.3, 0.4) is 0 Å². The van der Waals surface area contributed by atoms with E-state index in [1.807, 2.05) is 0 Å². The average Bonchev–Trinajstić information content (AvgIpc) is 3.72. The second kappa shape index (κ2) is 61.9. The minimum atomic E-state index is -4.95. The Bertz CT molecular complexity index is 1770. The topological polar surface area (TPSA) is 237 Å². The maximum Gasteiger partial charge on any atom is 0.472 e. The van der Waals surface area contributed by atoms with E-state index < -0.39 is 97.5 Å². The van der Waals surface area contributed by atoms with Gasteiger partial charge in [-0.15, -0.1) is 0 Å². The van der Waals surface area contributed by atoms with Crippen molar-refractivity contribution in [1.82, 2.24) is 0 Å². The number of hydrogen-bond donors (Lipinski definition) is 3. The Kier molecular flexibility index (Phi) is 60.6. The van der Waals surface area contributed by atoms with Crippen LogP contribution < -0.4 is 0 Å². The molecule has 17 nitrogen and oxygen atoms in total. The summed E-state index contributed by atoms with van der Waals surface area (Å²) in [6, 6.07) is 0. The number of unbranched alkanes of at least 4 members (excludes halogenated alkanes) is 36. The number of carbonyl (C=O) groups excluding carboxylic acids is 4. The average molecular weight is 1330 g/mol. The van der Waals surface area contributed by atoms with Gasteiger partial charge in [0, 0.05) is 25.7 Å². The van der Waals surface area contributed by atoms with Crippen LogP contribution in [-0.4, -0.2) is 96.7 Å². The molecule has 0 aliphatic carbocycles. The van der Waals surface area contributed by atoms with Crippen LogP contribution in [-0.2, 0) is 65.4 Å². The van der Waals surface area contributed by atoms with Gasteiger partial charge in [0.25, 0.3) is 0 Å². The van der Waals surface area contributed by atoms with Crippen LogP contribution in [0.2, 0.25) is 0 Å². The number of ether oxygens (including phenoxy) is 4. The quantitative estimate of drug-likeness (QED) is 0.0222. The Hall–Kier alpha value is -1.94. The van der Waals surface area contributed by atoms with E-state index in [4.69, 9.17) is 37.0 Å². The Balaban J connectivity index is 5.26. The zero-order valence-corrected chi connectivity index (χ0v) is 60.4. The molecule has 0 amide bonds. The van der Waals surface area contributed by atoms with Crippen molar-refractivity contribution in [3.8, 4) is 0 Å². The SMILES string of the molecule is CCCCCCCCCCCCCCCCC(=O)OC[C@H](COP(=O)(O)OC[C@@H](O)COP(=O)(O)OC[C@@H](COC(=O)CCCCCCCCCC(C)C)OC(=O)CCCCCCCCCCCC(C)C)OC(=O)CCCCCCCCCCCCC(C)CC. The molecule has 0 aliphatic heterocycles. The molecule has 0 radical (unpaired) electrons. The first kappa shape index (κ1) is 88.1. The van der Waals surface area contributed by atoms with E-state index in [2.05, 4.69) is 48.5 Å². The summed E-state index contributed by atoms with van der Waals surface area (Å²) >= 11 is 0. The standard InChI is InChI=1S/C71H138O17P2/c1-8-10-11-12-13-14-15-16-17-18-24-31-38-45-52-68(73)81-58-66(87-70(75)54-47-40-32-25-20-19-23-30-37-44-51-64(7)9-2)60-85-89(77,78)83-56-65(72)57-84-90(79,80)86-61-67(59-82-69(74)53-46-39-34-27-29-36-43-50-63(5)6)88-71(76)55-48-41-33-26-21-22-28-35-42-49-62(3)4/h62-67,72H,8-61H2,1-7H3,(H,77,78)(H,79,80)/t64?,65-,66-,67-/m1/s1. The van der Waals surface area contributed by atoms with E-state index in [0.717, 1.165) is 108 Å². The number of aliphatic hydroxyl groups excluding tert-OH is 1. The maximum atomic E-state index is 13.0. The molecular formula is C71H138O17P2. The van der Waals surface area contributed by atoms with E-state index in [9.17, 15) is 43.2 Å². The number of rotatable bonds is 69. The molecule has 0 fully saturated rings. The van der Waals surface area contributed by atoms with Gasteiger partial charge in [-0.2, -0.15) is 0 Å². The summed E-state index contributed by atoms with van der Waals surface area (Å²) in [5.74, 6) is 0.119. The van der Waals surface area contributed by atoms with Gasteiger partial charge < -0.3 is 33.8 Å². The minimum absolute atomic E-state index is 0.104. The molecular weight excluding hydrogens is 1190 g/mol. The van der Waals surface area contributed by atoms with Crippen LogP contribution in [0.5, 0.6) is 0 Å². The highest BCUT2D eigenvalue weighted by Crippen LogP contribution is 2.45. The summed E-state index contributed by atoms with van der Waals surface area (Å²) in [5.41, 5.74) is 0. The molecule has 19 heteroatoms. The van der Waals surface area contributed by atoms with Crippen LogP contribution in [0.15, 0.2) is 0 Å². The highest BCUT2D eigenvalue weighted by Gasteiger charge is 2.30. The molecule has 0 heterocycles. The number of aliphatic hydroxyl groups is 1. The van der Waals surface area contributed by atoms with Gasteiger partial charge in [0.1, 0.15) is 19.3 Å². The Morgan fingerprint density at radius 3 is 0.844 bits per heavy atom. The molecule has 0 bridgehead atoms. The van der Waals surface area contributed by atoms with Crippen molar-refractivity contribution in [2.45, 2.75) is 375 Å². The molecule has 0 aromatic heterocycles. The molecule has 90 heavy (non-hydrogen) atoms. The van der Waals surface area contributed by atoms with Crippen molar-refractivity contribution >= 4 is 39.5 Å². The van der Waals surface area contributed by atoms with E-state index in [0.29, 0.717) is 31.6 Å². The molecule has 6 atom stereocenters. The molecule has 3 N–H and O–H groups in total. The van der Waals surface area contributed by atoms with E-state index >= 15 is 0 Å². The van der Waals surface area contributed by atoms with Crippen LogP contribution in [0.1, 0.15) is 357 Å². The normalized spacial score (nSPS) is 14.5. The van der Waals surface area contributed by atoms with Gasteiger partial charge in [-0.25, -0.2) is 9.13 Å². The van der Waals surface area contributed by atoms with Gasteiger partial charge in [-0.3, -0.25) is 37.3 Å². The molecule has 0 aromatic rings. The number of esters is 4. The first-order valence-electron chi connectivity index (χ1n) is 36.9. The van der Waals surface area contributed by atoms with Gasteiger partial charge in [0.05, 0.1) is 26.4 Å². The van der Waals surface area contributed by atoms with Gasteiger partial charge in [-0.05, 0) is 43.4 Å². The fourth-order valence-corrected chi connectivity index (χ4v) is 12.3. The van der Waals surface area contributed by atoms with Crippen molar-refractivity contribution < 1.29 is 80.2 Å². The third kappa shape index (κ3) is 63.5. The number of hydrogen-bond acceptors (Lipinski definition) is 15. The Morgan fingerprint density at radius 1 is 0.322 bits per heavy atom. The van der Waals surface area contributed by atoms with Crippen molar-refractivity contribution in [1.29, 1.82) is 0 Å². The summed E-state index contributed by atoms with van der Waals surface area (Å²) in [5, 5.41) is 10.6. The van der Waals surface area contributed by atoms with E-state index in [-0.39, 0.29) is 25.7 Å². The fourth-order valence-electron chi connectivity index (χ4n) is 10.7. The van der Waals surface area contributed by atoms with Crippen LogP contribution in [0.4, 0.5) is 0 Å². The molecule has 3 unspecified atom stereocenters. The summed E-state index contributed by atoms with van der Waals surface area (Å²) < 4.78 is 68.3. The second-order valence-corrected chi connectivity index (χ2v) is 29.7. The molecule has 0 saturated carbocycles. The molecule has 534 valence electrons. The largest absolute Gasteiger partial charge is 0.472 e. The summed E-state index contributed by atoms with van der Waals surface area (Å²) in [7, 11) is -9.90. The zero-order chi connectivity index (χ0) is 66.6. The third-order valence-electron chi connectivity index (χ3n) is 16.7. The van der Waals surface area contributed by atoms with Crippen LogP contribution >= 0.6 is 15.6 Å². The van der Waals surface area contributed by atoms with Gasteiger partial charge in [0.2, 0.25) is 0 Å². The molecule has 0 saturated heterocycles. The Labute approximate surface area is 549 Å². The van der Waals surface area contributed by atoms with Crippen LogP contribution in [0.25, 0.3) is 0 Å². The zero-order valence-electron chi connectivity index (χ0n) is 58.6. The molecule has 0 rings (SSSR count). The van der Waals surface area contributed by atoms with Crippen molar-refractivity contribution in [2.75, 3.05) is 39.6 Å². The third-order valence-corrected chi connectivity index (χ3v) is 18.6. The summed E-state index contributed by atoms with van der Waals surface area (Å²) in [4.78, 5) is 72.6. The number of phosphoric ester groups is 2. The highest BCUT2D eigenvalue weighted by atomic mass is 31.2. The number of carbonyl (C=O) groups is 4. The lowest BCUT2D eigenvalue weighted by molar-refractivity contribution is -0.161. The number of phosphoric acid groups is 2. The molecule has 0 spiro atoms. The second-order valence-electron chi connectivity index (χ2n) is 26.8. The fraction of sp³-hybridized carbons (Fsp3) is 0.944. The molecule has 0 aliphatic rings. The predicted molar refractivity (Wildman–Crippen MR) is 363 cm³/mol. The monoisotopic (exact) mass is 1320 g/mol. The van der Waals surface area contributed by atoms with Crippen molar-refractivity contribution in [3.63, 3.8) is 0 Å². The van der Waals surface area contributed by atoms with Crippen molar-refractivity contribution in [3.05, 3.63) is 0 Å². The van der Waals surface area contributed by atoms with Crippen molar-refractivity contribution in [2.24, 2.45) is 17.8 Å². The Morgan fingerprint density at radius 2 is 0.567 bits per heavy atom. The summed E-state index contributed by atoms with van der Waals surface area (Å²) in [6.45, 7) is 11.8. The minimum Gasteiger partial charge on any atom is -0.462 e. The smallest absolute Gasteiger partial charge is 0.462 e. The van der Waals surface area contributed by atoms with E-state index in [1.165, 1.54) is 161 Å². The van der Waals surface area contributed by atoms with Gasteiger partial charge >= 0.3 is 39.5 Å². The highest BCUT2D eigenvalue weighted by molar-refractivity contribution is 7.47. The first-order valence-corrected chi connectivity index (χ1v) is 39.9. The van der Waals surface area contributed by atoms with Crippen LogP contribution in [0, 0.1) is 17.8 Å². The lowest BCUT2D eigenvalue weighted by atomic mass is 9.99. The molecule has 0 aromatic carbocycles. The van der Waals surface area contributed by atoms with Gasteiger partial charge in [-0.1, -0.05) is 305 Å².